The molecule has 0 radical (unpaired) electrons. The number of hydrogen-bond acceptors (Lipinski definition) is 3. The highest BCUT2D eigenvalue weighted by Crippen LogP contribution is 2.21. The molecule has 0 fully saturated rings. The number of rotatable bonds is 7. The van der Waals surface area contributed by atoms with E-state index in [1.165, 1.54) is 0 Å². The van der Waals surface area contributed by atoms with E-state index >= 15 is 0 Å². The summed E-state index contributed by atoms with van der Waals surface area (Å²) < 4.78 is 7.36. The number of aliphatic hydroxyl groups excluding tert-OH is 1. The van der Waals surface area contributed by atoms with E-state index in [4.69, 9.17) is 4.74 Å². The normalized spacial score (nSPS) is 13.9. The lowest BCUT2D eigenvalue weighted by molar-refractivity contribution is 0.176. The first-order chi connectivity index (χ1) is 10.1. The highest BCUT2D eigenvalue weighted by atomic mass is 16.5. The predicted octanol–water partition coefficient (Wildman–Crippen LogP) is 3.53. The second-order valence-electron chi connectivity index (χ2n) is 5.27. The van der Waals surface area contributed by atoms with Gasteiger partial charge in [-0.15, -0.1) is 0 Å². The summed E-state index contributed by atoms with van der Waals surface area (Å²) in [6.45, 7) is 6.88. The minimum Gasteiger partial charge on any atom is -0.494 e. The quantitative estimate of drug-likeness (QED) is 0.848. The lowest BCUT2D eigenvalue weighted by Gasteiger charge is -2.11. The zero-order valence-corrected chi connectivity index (χ0v) is 13.0. The fourth-order valence-corrected chi connectivity index (χ4v) is 2.19. The second kappa shape index (κ2) is 7.27. The Morgan fingerprint density at radius 3 is 2.52 bits per heavy atom. The van der Waals surface area contributed by atoms with Gasteiger partial charge in [-0.25, -0.2) is 0 Å². The molecule has 0 aliphatic rings. The Bertz CT molecular complexity index is 548. The molecule has 2 rings (SSSR count). The smallest absolute Gasteiger partial charge is 0.119 e. The van der Waals surface area contributed by atoms with Crippen molar-refractivity contribution in [1.29, 1.82) is 0 Å². The van der Waals surface area contributed by atoms with Crippen molar-refractivity contribution in [3.05, 3.63) is 47.8 Å². The maximum Gasteiger partial charge on any atom is 0.119 e. The number of nitrogens with zero attached hydrogens (tertiary/aromatic N) is 2. The van der Waals surface area contributed by atoms with Crippen LogP contribution in [0.5, 0.6) is 5.75 Å². The molecular weight excluding hydrogens is 264 g/mol. The molecule has 1 N–H and O–H groups in total. The molecule has 0 bridgehead atoms. The van der Waals surface area contributed by atoms with Crippen LogP contribution in [0.2, 0.25) is 0 Å². The van der Waals surface area contributed by atoms with Crippen LogP contribution < -0.4 is 4.74 Å². The van der Waals surface area contributed by atoms with E-state index < -0.39 is 6.10 Å². The van der Waals surface area contributed by atoms with Crippen molar-refractivity contribution in [2.75, 3.05) is 6.61 Å². The summed E-state index contributed by atoms with van der Waals surface area (Å²) in [4.78, 5) is 0. The molecule has 0 aliphatic carbocycles. The van der Waals surface area contributed by atoms with Gasteiger partial charge in [0.1, 0.15) is 5.75 Å². The first-order valence-electron chi connectivity index (χ1n) is 7.58. The average molecular weight is 288 g/mol. The van der Waals surface area contributed by atoms with Crippen LogP contribution in [0.3, 0.4) is 0 Å². The van der Waals surface area contributed by atoms with Crippen molar-refractivity contribution in [1.82, 2.24) is 9.78 Å². The minimum absolute atomic E-state index is 0.390. The molecule has 1 heterocycles. The Labute approximate surface area is 126 Å². The van der Waals surface area contributed by atoms with Crippen LogP contribution in [0, 0.1) is 0 Å². The van der Waals surface area contributed by atoms with Crippen LogP contribution in [0.4, 0.5) is 0 Å². The van der Waals surface area contributed by atoms with E-state index in [9.17, 15) is 5.11 Å². The van der Waals surface area contributed by atoms with E-state index in [0.717, 1.165) is 23.4 Å². The van der Waals surface area contributed by atoms with E-state index in [1.54, 1.807) is 0 Å². The fourth-order valence-electron chi connectivity index (χ4n) is 2.19. The van der Waals surface area contributed by atoms with Crippen LogP contribution in [0.1, 0.15) is 50.6 Å². The van der Waals surface area contributed by atoms with Gasteiger partial charge in [0, 0.05) is 18.7 Å². The van der Waals surface area contributed by atoms with Crippen molar-refractivity contribution in [3.8, 4) is 5.75 Å². The monoisotopic (exact) mass is 288 g/mol. The number of aromatic nitrogens is 2. The van der Waals surface area contributed by atoms with Crippen LogP contribution in [-0.4, -0.2) is 21.5 Å². The van der Waals surface area contributed by atoms with Crippen LogP contribution in [0.25, 0.3) is 0 Å². The van der Waals surface area contributed by atoms with Crippen LogP contribution in [-0.2, 0) is 6.42 Å². The third-order valence-electron chi connectivity index (χ3n) is 3.68. The molecule has 4 heteroatoms. The Morgan fingerprint density at radius 2 is 1.90 bits per heavy atom. The standard InChI is InChI=1S/C17H24N2O2/c1-4-13(3)19-11-10-15(18-19)12-17(20)14-6-8-16(9-7-14)21-5-2/h6-11,13,17,20H,4-5,12H2,1-3H3. The molecule has 4 nitrogen and oxygen atoms in total. The summed E-state index contributed by atoms with van der Waals surface area (Å²) in [6.07, 6.45) is 3.01. The first kappa shape index (κ1) is 15.6. The topological polar surface area (TPSA) is 47.3 Å². The molecule has 0 spiro atoms. The van der Waals surface area contributed by atoms with Gasteiger partial charge in [0.15, 0.2) is 0 Å². The lowest BCUT2D eigenvalue weighted by Crippen LogP contribution is -2.07. The number of aliphatic hydroxyl groups is 1. The van der Waals surface area contributed by atoms with Gasteiger partial charge in [0.2, 0.25) is 0 Å². The minimum atomic E-state index is -0.541. The first-order valence-corrected chi connectivity index (χ1v) is 7.58. The maximum atomic E-state index is 10.3. The molecule has 21 heavy (non-hydrogen) atoms. The molecule has 0 aliphatic heterocycles. The SMILES string of the molecule is CCOc1ccc(C(O)Cc2ccn(C(C)CC)n2)cc1. The molecule has 0 amide bonds. The molecule has 2 atom stereocenters. The average Bonchev–Trinajstić information content (AvgIpc) is 2.96. The van der Waals surface area contributed by atoms with Crippen molar-refractivity contribution >= 4 is 0 Å². The van der Waals surface area contributed by atoms with E-state index in [-0.39, 0.29) is 0 Å². The van der Waals surface area contributed by atoms with Gasteiger partial charge in [0.25, 0.3) is 0 Å². The van der Waals surface area contributed by atoms with Crippen molar-refractivity contribution < 1.29 is 9.84 Å². The predicted molar refractivity (Wildman–Crippen MR) is 83.5 cm³/mol. The molecule has 2 unspecified atom stereocenters. The summed E-state index contributed by atoms with van der Waals surface area (Å²) >= 11 is 0. The zero-order chi connectivity index (χ0) is 15.2. The molecule has 0 saturated heterocycles. The van der Waals surface area contributed by atoms with Crippen molar-refractivity contribution in [2.24, 2.45) is 0 Å². The van der Waals surface area contributed by atoms with Gasteiger partial charge < -0.3 is 9.84 Å². The molecule has 0 saturated carbocycles. The summed E-state index contributed by atoms with van der Waals surface area (Å²) in [5.74, 6) is 0.828. The van der Waals surface area contributed by atoms with Gasteiger partial charge in [-0.05, 0) is 44.0 Å². The summed E-state index contributed by atoms with van der Waals surface area (Å²) in [5, 5.41) is 14.8. The van der Waals surface area contributed by atoms with Gasteiger partial charge in [-0.3, -0.25) is 4.68 Å². The third-order valence-corrected chi connectivity index (χ3v) is 3.68. The number of ether oxygens (including phenoxy) is 1. The fraction of sp³-hybridized carbons (Fsp3) is 0.471. The van der Waals surface area contributed by atoms with Gasteiger partial charge in [-0.2, -0.15) is 5.10 Å². The largest absolute Gasteiger partial charge is 0.494 e. The van der Waals surface area contributed by atoms with E-state index in [0.29, 0.717) is 19.1 Å². The lowest BCUT2D eigenvalue weighted by atomic mass is 10.1. The summed E-state index contributed by atoms with van der Waals surface area (Å²) in [7, 11) is 0. The summed E-state index contributed by atoms with van der Waals surface area (Å²) in [5.41, 5.74) is 1.80. The van der Waals surface area contributed by atoms with Crippen molar-refractivity contribution in [3.63, 3.8) is 0 Å². The van der Waals surface area contributed by atoms with Gasteiger partial charge >= 0.3 is 0 Å². The zero-order valence-electron chi connectivity index (χ0n) is 13.0. The van der Waals surface area contributed by atoms with Gasteiger partial charge in [0.05, 0.1) is 18.4 Å². The van der Waals surface area contributed by atoms with E-state index in [1.807, 2.05) is 48.1 Å². The maximum absolute atomic E-state index is 10.3. The highest BCUT2D eigenvalue weighted by Gasteiger charge is 2.12. The molecule has 114 valence electrons. The second-order valence-corrected chi connectivity index (χ2v) is 5.27. The Morgan fingerprint density at radius 1 is 1.19 bits per heavy atom. The molecule has 1 aromatic heterocycles. The Kier molecular flexibility index (Phi) is 5.39. The molecular formula is C17H24N2O2. The van der Waals surface area contributed by atoms with Crippen molar-refractivity contribution in [2.45, 2.75) is 45.8 Å². The van der Waals surface area contributed by atoms with Gasteiger partial charge in [-0.1, -0.05) is 19.1 Å². The molecule has 2 aromatic rings. The summed E-state index contributed by atoms with van der Waals surface area (Å²) in [6, 6.07) is 9.95. The number of hydrogen-bond donors (Lipinski definition) is 1. The Balaban J connectivity index is 2.00. The Hall–Kier alpha value is -1.81. The molecule has 1 aromatic carbocycles. The highest BCUT2D eigenvalue weighted by molar-refractivity contribution is 5.29. The van der Waals surface area contributed by atoms with Crippen LogP contribution in [0.15, 0.2) is 36.5 Å². The van der Waals surface area contributed by atoms with E-state index in [2.05, 4.69) is 18.9 Å². The van der Waals surface area contributed by atoms with Crippen LogP contribution >= 0.6 is 0 Å². The number of benzene rings is 1. The third kappa shape index (κ3) is 4.08.